The van der Waals surface area contributed by atoms with Crippen LogP contribution in [0.15, 0.2) is 48.7 Å². The van der Waals surface area contributed by atoms with Crippen LogP contribution in [-0.4, -0.2) is 46.6 Å². The van der Waals surface area contributed by atoms with Crippen LogP contribution in [0.1, 0.15) is 21.8 Å². The average molecular weight is 490 g/mol. The summed E-state index contributed by atoms with van der Waals surface area (Å²) < 4.78 is 46.4. The second-order valence-corrected chi connectivity index (χ2v) is 8.31. The third-order valence-electron chi connectivity index (χ3n) is 4.97. The van der Waals surface area contributed by atoms with E-state index in [1.165, 1.54) is 24.3 Å². The van der Waals surface area contributed by atoms with Crippen molar-refractivity contribution >= 4 is 40.5 Å². The predicted octanol–water partition coefficient (Wildman–Crippen LogP) is 3.98. The smallest absolute Gasteiger partial charge is 0.409 e. The molecule has 0 aliphatic carbocycles. The summed E-state index contributed by atoms with van der Waals surface area (Å²) in [5.74, 6) is -2.90. The molecule has 1 unspecified atom stereocenters. The van der Waals surface area contributed by atoms with Crippen LogP contribution in [0.2, 0.25) is 0 Å². The average Bonchev–Trinajstić information content (AvgIpc) is 3.11. The van der Waals surface area contributed by atoms with E-state index in [1.807, 2.05) is 0 Å². The van der Waals surface area contributed by atoms with Gasteiger partial charge in [0.25, 0.3) is 5.91 Å². The Kier molecular flexibility index (Phi) is 6.33. The van der Waals surface area contributed by atoms with E-state index in [0.29, 0.717) is 21.3 Å². The lowest BCUT2D eigenvalue weighted by Gasteiger charge is -2.31. The van der Waals surface area contributed by atoms with Crippen molar-refractivity contribution in [3.8, 4) is 10.7 Å². The number of hydrogen-bond acceptors (Lipinski definition) is 7. The van der Waals surface area contributed by atoms with Gasteiger partial charge in [0.2, 0.25) is 5.91 Å². The number of nitrogens with zero attached hydrogens (tertiary/aromatic N) is 3. The fraction of sp³-hybridized carbons (Fsp3) is 0.227. The van der Waals surface area contributed by atoms with Gasteiger partial charge >= 0.3 is 12.1 Å². The van der Waals surface area contributed by atoms with Gasteiger partial charge in [-0.25, -0.2) is 9.78 Å². The van der Waals surface area contributed by atoms with Crippen LogP contribution in [0.3, 0.4) is 0 Å². The zero-order valence-corrected chi connectivity index (χ0v) is 18.4. The minimum Gasteiger partial charge on any atom is -0.451 e. The molecule has 3 aromatic rings. The predicted molar refractivity (Wildman–Crippen MR) is 117 cm³/mol. The molecule has 3 heterocycles. The molecule has 0 fully saturated rings. The Morgan fingerprint density at radius 3 is 2.65 bits per heavy atom. The van der Waals surface area contributed by atoms with Crippen molar-refractivity contribution in [2.75, 3.05) is 16.8 Å². The van der Waals surface area contributed by atoms with Crippen LogP contribution in [0.25, 0.3) is 10.7 Å². The lowest BCUT2D eigenvalue weighted by atomic mass is 10.1. The number of carbonyl (C=O) groups excluding carboxylic acids is 3. The summed E-state index contributed by atoms with van der Waals surface area (Å²) >= 11 is 0.997. The molecule has 0 saturated heterocycles. The highest BCUT2D eigenvalue weighted by atomic mass is 32.1. The molecule has 1 aliphatic rings. The van der Waals surface area contributed by atoms with Gasteiger partial charge in [0.1, 0.15) is 15.9 Å². The van der Waals surface area contributed by atoms with E-state index in [2.05, 4.69) is 15.3 Å². The summed E-state index contributed by atoms with van der Waals surface area (Å²) in [5.41, 5.74) is 0.795. The second-order valence-electron chi connectivity index (χ2n) is 7.32. The Labute approximate surface area is 195 Å². The van der Waals surface area contributed by atoms with Gasteiger partial charge in [0, 0.05) is 6.20 Å². The Morgan fingerprint density at radius 1 is 1.21 bits per heavy atom. The number of pyridine rings is 1. The third kappa shape index (κ3) is 4.76. The molecule has 176 valence electrons. The number of benzene rings is 1. The number of ether oxygens (including phenoxy) is 1. The summed E-state index contributed by atoms with van der Waals surface area (Å²) in [7, 11) is 0. The highest BCUT2D eigenvalue weighted by molar-refractivity contribution is 7.17. The maximum atomic E-state index is 13.8. The Bertz CT molecular complexity index is 1250. The number of aryl methyl sites for hydroxylation is 1. The van der Waals surface area contributed by atoms with Gasteiger partial charge < -0.3 is 10.1 Å². The first kappa shape index (κ1) is 23.4. The number of halogens is 3. The zero-order chi connectivity index (χ0) is 24.5. The van der Waals surface area contributed by atoms with Crippen molar-refractivity contribution in [1.82, 2.24) is 9.97 Å². The van der Waals surface area contributed by atoms with Crippen molar-refractivity contribution in [2.24, 2.45) is 0 Å². The van der Waals surface area contributed by atoms with Crippen LogP contribution < -0.4 is 10.2 Å². The SMILES string of the molecule is Cc1nc(-c2ccccn2)sc1C(=O)OCC(=O)N1c2ccccc2NC(=O)CC1C(F)(F)F. The summed E-state index contributed by atoms with van der Waals surface area (Å²) in [4.78, 5) is 46.6. The molecule has 0 radical (unpaired) electrons. The third-order valence-corrected chi connectivity index (χ3v) is 6.13. The van der Waals surface area contributed by atoms with Crippen LogP contribution in [-0.2, 0) is 14.3 Å². The van der Waals surface area contributed by atoms with Crippen LogP contribution in [0.4, 0.5) is 24.5 Å². The highest BCUT2D eigenvalue weighted by Crippen LogP contribution is 2.37. The first-order chi connectivity index (χ1) is 16.1. The van der Waals surface area contributed by atoms with Gasteiger partial charge in [-0.15, -0.1) is 11.3 Å². The van der Waals surface area contributed by atoms with Crippen LogP contribution in [0.5, 0.6) is 0 Å². The summed E-state index contributed by atoms with van der Waals surface area (Å²) in [6.45, 7) is 0.619. The van der Waals surface area contributed by atoms with Crippen molar-refractivity contribution in [1.29, 1.82) is 0 Å². The van der Waals surface area contributed by atoms with E-state index in [9.17, 15) is 27.6 Å². The standard InChI is InChI=1S/C22H17F3N4O4S/c1-12-19(34-20(27-12)14-7-4-5-9-26-14)21(32)33-11-18(31)29-15-8-3-2-6-13(15)28-17(30)10-16(29)22(23,24)25/h2-9,16H,10-11H2,1H3,(H,28,30). The van der Waals surface area contributed by atoms with Crippen LogP contribution in [0, 0.1) is 6.92 Å². The minimum atomic E-state index is -4.89. The minimum absolute atomic E-state index is 0.0530. The molecule has 0 spiro atoms. The van der Waals surface area contributed by atoms with E-state index in [0.717, 1.165) is 11.3 Å². The topological polar surface area (TPSA) is 101 Å². The first-order valence-electron chi connectivity index (χ1n) is 9.98. The quantitative estimate of drug-likeness (QED) is 0.556. The maximum absolute atomic E-state index is 13.8. The lowest BCUT2D eigenvalue weighted by molar-refractivity contribution is -0.158. The number of hydrogen-bond donors (Lipinski definition) is 1. The molecular weight excluding hydrogens is 473 g/mol. The van der Waals surface area contributed by atoms with Gasteiger partial charge in [0.05, 0.1) is 29.2 Å². The number of fused-ring (bicyclic) bond motifs is 1. The largest absolute Gasteiger partial charge is 0.451 e. The number of thiazole rings is 1. The number of anilines is 2. The molecule has 1 aliphatic heterocycles. The van der Waals surface area contributed by atoms with Crippen molar-refractivity contribution < 1.29 is 32.3 Å². The van der Waals surface area contributed by atoms with Gasteiger partial charge in [-0.05, 0) is 31.2 Å². The molecule has 1 N–H and O–H groups in total. The van der Waals surface area contributed by atoms with Gasteiger partial charge in [0.15, 0.2) is 6.61 Å². The molecule has 12 heteroatoms. The van der Waals surface area contributed by atoms with Crippen molar-refractivity contribution in [2.45, 2.75) is 25.6 Å². The van der Waals surface area contributed by atoms with E-state index in [1.54, 1.807) is 31.3 Å². The molecule has 34 heavy (non-hydrogen) atoms. The number of para-hydroxylation sites is 2. The fourth-order valence-corrected chi connectivity index (χ4v) is 4.38. The Balaban J connectivity index is 1.56. The van der Waals surface area contributed by atoms with Gasteiger partial charge in [-0.1, -0.05) is 18.2 Å². The number of esters is 1. The molecule has 8 nitrogen and oxygen atoms in total. The molecule has 0 saturated carbocycles. The molecule has 1 aromatic carbocycles. The number of aromatic nitrogens is 2. The lowest BCUT2D eigenvalue weighted by Crippen LogP contribution is -2.51. The normalized spacial score (nSPS) is 15.8. The fourth-order valence-electron chi connectivity index (χ4n) is 3.44. The Morgan fingerprint density at radius 2 is 1.94 bits per heavy atom. The summed E-state index contributed by atoms with van der Waals surface area (Å²) in [6.07, 6.45) is -4.31. The molecule has 0 bridgehead atoms. The first-order valence-corrected chi connectivity index (χ1v) is 10.8. The molecule has 2 amide bonds. The number of amides is 2. The Hall–Kier alpha value is -3.80. The molecular formula is C22H17F3N4O4S. The van der Waals surface area contributed by atoms with Crippen molar-refractivity contribution in [3.05, 3.63) is 59.2 Å². The number of alkyl halides is 3. The molecule has 2 aromatic heterocycles. The van der Waals surface area contributed by atoms with Crippen LogP contribution >= 0.6 is 11.3 Å². The maximum Gasteiger partial charge on any atom is 0.409 e. The van der Waals surface area contributed by atoms with E-state index in [4.69, 9.17) is 4.74 Å². The zero-order valence-electron chi connectivity index (χ0n) is 17.6. The highest BCUT2D eigenvalue weighted by Gasteiger charge is 2.49. The molecule has 1 atom stereocenters. The monoisotopic (exact) mass is 490 g/mol. The number of carbonyl (C=O) groups is 3. The molecule has 4 rings (SSSR count). The van der Waals surface area contributed by atoms with E-state index >= 15 is 0 Å². The second kappa shape index (κ2) is 9.21. The van der Waals surface area contributed by atoms with Gasteiger partial charge in [-0.3, -0.25) is 19.5 Å². The summed E-state index contributed by atoms with van der Waals surface area (Å²) in [6, 6.07) is 8.40. The van der Waals surface area contributed by atoms with Crippen molar-refractivity contribution in [3.63, 3.8) is 0 Å². The number of rotatable bonds is 4. The number of nitrogens with one attached hydrogen (secondary N) is 1. The van der Waals surface area contributed by atoms with E-state index < -0.39 is 43.0 Å². The summed E-state index contributed by atoms with van der Waals surface area (Å²) in [5, 5.41) is 2.83. The van der Waals surface area contributed by atoms with Gasteiger partial charge in [-0.2, -0.15) is 13.2 Å². The van der Waals surface area contributed by atoms with E-state index in [-0.39, 0.29) is 16.3 Å².